The summed E-state index contributed by atoms with van der Waals surface area (Å²) in [6.45, 7) is 5.63. The van der Waals surface area contributed by atoms with Crippen LogP contribution in [0.15, 0.2) is 48.5 Å². The monoisotopic (exact) mass is 495 g/mol. The van der Waals surface area contributed by atoms with Crippen LogP contribution in [0.4, 0.5) is 0 Å². The van der Waals surface area contributed by atoms with Crippen LogP contribution in [-0.2, 0) is 16.1 Å². The normalized spacial score (nSPS) is 17.1. The first-order chi connectivity index (χ1) is 17.6. The Balaban J connectivity index is 1.16. The standard InChI is InChI=1S/C28H37N3O5/c1-34-25-9-8-22(20-26(25)35-2)21-29-15-17-31(18-16-29)28(33)23-10-13-30(14-11-23)27(32)12-19-36-24-6-4-3-5-7-24/h3-9,20,23H,10-19,21H2,1-2H3. The first kappa shape index (κ1) is 25.8. The molecule has 2 aromatic carbocycles. The van der Waals surface area contributed by atoms with Crippen LogP contribution in [0.3, 0.4) is 0 Å². The summed E-state index contributed by atoms with van der Waals surface area (Å²) >= 11 is 0. The summed E-state index contributed by atoms with van der Waals surface area (Å²) in [7, 11) is 3.28. The molecule has 2 aliphatic rings. The smallest absolute Gasteiger partial charge is 0.225 e. The number of methoxy groups -OCH3 is 2. The fourth-order valence-electron chi connectivity index (χ4n) is 4.93. The van der Waals surface area contributed by atoms with Gasteiger partial charge in [-0.05, 0) is 42.7 Å². The fourth-order valence-corrected chi connectivity index (χ4v) is 4.93. The summed E-state index contributed by atoms with van der Waals surface area (Å²) in [5.41, 5.74) is 1.17. The second kappa shape index (κ2) is 12.6. The predicted molar refractivity (Wildman–Crippen MR) is 137 cm³/mol. The Morgan fingerprint density at radius 1 is 0.833 bits per heavy atom. The number of carbonyl (C=O) groups is 2. The quantitative estimate of drug-likeness (QED) is 0.533. The predicted octanol–water partition coefficient (Wildman–Crippen LogP) is 3.06. The van der Waals surface area contributed by atoms with Gasteiger partial charge in [0.05, 0.1) is 27.2 Å². The molecular weight excluding hydrogens is 458 g/mol. The van der Waals surface area contributed by atoms with E-state index >= 15 is 0 Å². The van der Waals surface area contributed by atoms with Gasteiger partial charge in [0.2, 0.25) is 11.8 Å². The van der Waals surface area contributed by atoms with Gasteiger partial charge >= 0.3 is 0 Å². The molecular formula is C28H37N3O5. The Bertz CT molecular complexity index is 999. The van der Waals surface area contributed by atoms with Gasteiger partial charge < -0.3 is 24.0 Å². The highest BCUT2D eigenvalue weighted by atomic mass is 16.5. The molecule has 194 valence electrons. The number of piperidine rings is 1. The molecule has 0 bridgehead atoms. The number of nitrogens with zero attached hydrogens (tertiary/aromatic N) is 3. The number of para-hydroxylation sites is 1. The lowest BCUT2D eigenvalue weighted by Gasteiger charge is -2.38. The highest BCUT2D eigenvalue weighted by Crippen LogP contribution is 2.28. The number of hydrogen-bond acceptors (Lipinski definition) is 6. The van der Waals surface area contributed by atoms with E-state index in [4.69, 9.17) is 14.2 Å². The van der Waals surface area contributed by atoms with Crippen LogP contribution in [0.5, 0.6) is 17.2 Å². The molecule has 2 aliphatic heterocycles. The molecule has 2 amide bonds. The van der Waals surface area contributed by atoms with Crippen LogP contribution in [-0.4, -0.2) is 86.6 Å². The van der Waals surface area contributed by atoms with Gasteiger partial charge in [-0.25, -0.2) is 0 Å². The van der Waals surface area contributed by atoms with Gasteiger partial charge in [-0.3, -0.25) is 14.5 Å². The summed E-state index contributed by atoms with van der Waals surface area (Å²) in [6, 6.07) is 15.5. The fraction of sp³-hybridized carbons (Fsp3) is 0.500. The minimum absolute atomic E-state index is 0.00650. The van der Waals surface area contributed by atoms with Gasteiger partial charge in [-0.1, -0.05) is 24.3 Å². The van der Waals surface area contributed by atoms with Crippen molar-refractivity contribution in [2.45, 2.75) is 25.8 Å². The molecule has 0 spiro atoms. The number of amides is 2. The van der Waals surface area contributed by atoms with Crippen molar-refractivity contribution in [1.29, 1.82) is 0 Å². The SMILES string of the molecule is COc1ccc(CN2CCN(C(=O)C3CCN(C(=O)CCOc4ccccc4)CC3)CC2)cc1OC. The van der Waals surface area contributed by atoms with Crippen molar-refractivity contribution >= 4 is 11.8 Å². The van der Waals surface area contributed by atoms with Crippen molar-refractivity contribution in [3.63, 3.8) is 0 Å². The molecule has 0 N–H and O–H groups in total. The zero-order valence-electron chi connectivity index (χ0n) is 21.4. The number of piperazine rings is 1. The number of likely N-dealkylation sites (tertiary alicyclic amines) is 1. The van der Waals surface area contributed by atoms with Crippen molar-refractivity contribution < 1.29 is 23.8 Å². The van der Waals surface area contributed by atoms with Crippen LogP contribution < -0.4 is 14.2 Å². The van der Waals surface area contributed by atoms with E-state index in [1.165, 1.54) is 5.56 Å². The summed E-state index contributed by atoms with van der Waals surface area (Å²) in [5.74, 6) is 2.58. The Morgan fingerprint density at radius 2 is 1.53 bits per heavy atom. The molecule has 8 nitrogen and oxygen atoms in total. The van der Waals surface area contributed by atoms with E-state index in [9.17, 15) is 9.59 Å². The van der Waals surface area contributed by atoms with Crippen molar-refractivity contribution in [2.75, 3.05) is 60.1 Å². The van der Waals surface area contributed by atoms with E-state index in [1.807, 2.05) is 52.3 Å². The first-order valence-electron chi connectivity index (χ1n) is 12.7. The third-order valence-electron chi connectivity index (χ3n) is 7.06. The van der Waals surface area contributed by atoms with Gasteiger partial charge in [0, 0.05) is 51.7 Å². The zero-order chi connectivity index (χ0) is 25.3. The number of rotatable bonds is 9. The number of ether oxygens (including phenoxy) is 3. The van der Waals surface area contributed by atoms with Crippen molar-refractivity contribution in [1.82, 2.24) is 14.7 Å². The van der Waals surface area contributed by atoms with E-state index < -0.39 is 0 Å². The maximum atomic E-state index is 13.1. The molecule has 8 heteroatoms. The third kappa shape index (κ3) is 6.69. The summed E-state index contributed by atoms with van der Waals surface area (Å²) in [6.07, 6.45) is 1.82. The van der Waals surface area contributed by atoms with Gasteiger partial charge in [-0.2, -0.15) is 0 Å². The maximum Gasteiger partial charge on any atom is 0.225 e. The molecule has 0 radical (unpaired) electrons. The second-order valence-electron chi connectivity index (χ2n) is 9.36. The molecule has 2 aromatic rings. The van der Waals surface area contributed by atoms with Gasteiger partial charge in [-0.15, -0.1) is 0 Å². The van der Waals surface area contributed by atoms with Crippen LogP contribution >= 0.6 is 0 Å². The topological polar surface area (TPSA) is 71.6 Å². The van der Waals surface area contributed by atoms with Crippen LogP contribution in [0.2, 0.25) is 0 Å². The van der Waals surface area contributed by atoms with Crippen molar-refractivity contribution in [2.24, 2.45) is 5.92 Å². The molecule has 0 aliphatic carbocycles. The summed E-state index contributed by atoms with van der Waals surface area (Å²) in [4.78, 5) is 31.9. The lowest BCUT2D eigenvalue weighted by atomic mass is 9.94. The Hall–Kier alpha value is -3.26. The van der Waals surface area contributed by atoms with Crippen molar-refractivity contribution in [3.05, 3.63) is 54.1 Å². The lowest BCUT2D eigenvalue weighted by molar-refractivity contribution is -0.142. The molecule has 36 heavy (non-hydrogen) atoms. The Kier molecular flexibility index (Phi) is 9.06. The average molecular weight is 496 g/mol. The molecule has 2 saturated heterocycles. The van der Waals surface area contributed by atoms with E-state index in [0.717, 1.165) is 62.8 Å². The number of carbonyl (C=O) groups excluding carboxylic acids is 2. The second-order valence-corrected chi connectivity index (χ2v) is 9.36. The van der Waals surface area contributed by atoms with Crippen molar-refractivity contribution in [3.8, 4) is 17.2 Å². The highest BCUT2D eigenvalue weighted by Gasteiger charge is 2.31. The zero-order valence-corrected chi connectivity index (χ0v) is 21.4. The van der Waals surface area contributed by atoms with E-state index in [2.05, 4.69) is 11.0 Å². The third-order valence-corrected chi connectivity index (χ3v) is 7.06. The molecule has 0 aromatic heterocycles. The van der Waals surface area contributed by atoms with Crippen LogP contribution in [0, 0.1) is 5.92 Å². The minimum atomic E-state index is 0.00650. The number of benzene rings is 2. The largest absolute Gasteiger partial charge is 0.493 e. The van der Waals surface area contributed by atoms with E-state index in [0.29, 0.717) is 26.1 Å². The van der Waals surface area contributed by atoms with Gasteiger partial charge in [0.1, 0.15) is 5.75 Å². The van der Waals surface area contributed by atoms with Gasteiger partial charge in [0.15, 0.2) is 11.5 Å². The number of hydrogen-bond donors (Lipinski definition) is 0. The van der Waals surface area contributed by atoms with E-state index in [-0.39, 0.29) is 17.7 Å². The van der Waals surface area contributed by atoms with Crippen LogP contribution in [0.1, 0.15) is 24.8 Å². The Morgan fingerprint density at radius 3 is 2.19 bits per heavy atom. The van der Waals surface area contributed by atoms with E-state index in [1.54, 1.807) is 14.2 Å². The highest BCUT2D eigenvalue weighted by molar-refractivity contribution is 5.80. The molecule has 2 heterocycles. The molecule has 0 unspecified atom stereocenters. The maximum absolute atomic E-state index is 13.1. The minimum Gasteiger partial charge on any atom is -0.493 e. The molecule has 2 fully saturated rings. The summed E-state index contributed by atoms with van der Waals surface area (Å²) < 4.78 is 16.4. The molecule has 4 rings (SSSR count). The Labute approximate surface area is 213 Å². The summed E-state index contributed by atoms with van der Waals surface area (Å²) in [5, 5.41) is 0. The molecule has 0 saturated carbocycles. The van der Waals surface area contributed by atoms with Crippen LogP contribution in [0.25, 0.3) is 0 Å². The first-order valence-corrected chi connectivity index (χ1v) is 12.7. The average Bonchev–Trinajstić information content (AvgIpc) is 2.93. The van der Waals surface area contributed by atoms with Gasteiger partial charge in [0.25, 0.3) is 0 Å². The molecule has 0 atom stereocenters. The lowest BCUT2D eigenvalue weighted by Crippen LogP contribution is -2.51.